The summed E-state index contributed by atoms with van der Waals surface area (Å²) in [5.41, 5.74) is 4.22. The van der Waals surface area contributed by atoms with Crippen molar-refractivity contribution in [3.63, 3.8) is 0 Å². The van der Waals surface area contributed by atoms with E-state index in [1.807, 2.05) is 50.2 Å². The molecule has 0 spiro atoms. The van der Waals surface area contributed by atoms with Gasteiger partial charge in [-0.1, -0.05) is 61.2 Å². The molecule has 0 radical (unpaired) electrons. The zero-order valence-electron chi connectivity index (χ0n) is 18.7. The maximum atomic E-state index is 13.3. The van der Waals surface area contributed by atoms with Crippen molar-refractivity contribution < 1.29 is 4.79 Å². The minimum Gasteiger partial charge on any atom is -0.335 e. The second kappa shape index (κ2) is 9.78. The fourth-order valence-electron chi connectivity index (χ4n) is 4.49. The van der Waals surface area contributed by atoms with Gasteiger partial charge < -0.3 is 15.2 Å². The van der Waals surface area contributed by atoms with E-state index in [9.17, 15) is 9.59 Å². The van der Waals surface area contributed by atoms with Crippen LogP contribution in [0.15, 0.2) is 47.3 Å². The normalized spacial score (nSPS) is 14.5. The van der Waals surface area contributed by atoms with Crippen molar-refractivity contribution in [3.8, 4) is 0 Å². The topological polar surface area (TPSA) is 65.2 Å². The average molecular weight is 452 g/mol. The number of aromatic amines is 1. The van der Waals surface area contributed by atoms with Crippen molar-refractivity contribution in [3.05, 3.63) is 80.1 Å². The van der Waals surface area contributed by atoms with E-state index < -0.39 is 0 Å². The summed E-state index contributed by atoms with van der Waals surface area (Å²) in [6, 6.07) is 13.5. The number of carbonyl (C=O) groups is 1. The summed E-state index contributed by atoms with van der Waals surface area (Å²) in [5.74, 6) is 0. The smallest absolute Gasteiger partial charge is 0.318 e. The quantitative estimate of drug-likeness (QED) is 0.511. The number of amides is 2. The standard InChI is InChI=1S/C26H30ClN3O2/c1-17-12-13-18(2)24-22(17)14-20(25(31)29-24)16-30(15-19-8-6-7-11-23(19)27)26(32)28-21-9-4-3-5-10-21/h6-8,11-14,21H,3-5,9-10,15-16H2,1-2H3,(H,28,32)(H,29,31). The predicted octanol–water partition coefficient (Wildman–Crippen LogP) is 5.84. The highest BCUT2D eigenvalue weighted by Crippen LogP contribution is 2.23. The molecule has 0 aliphatic heterocycles. The number of hydrogen-bond donors (Lipinski definition) is 2. The Morgan fingerprint density at radius 2 is 1.72 bits per heavy atom. The summed E-state index contributed by atoms with van der Waals surface area (Å²) in [6.45, 7) is 4.56. The van der Waals surface area contributed by atoms with Crippen LogP contribution in [0.4, 0.5) is 4.79 Å². The van der Waals surface area contributed by atoms with E-state index in [1.165, 1.54) is 6.42 Å². The maximum Gasteiger partial charge on any atom is 0.318 e. The molecule has 2 N–H and O–H groups in total. The Kier molecular flexibility index (Phi) is 6.85. The van der Waals surface area contributed by atoms with Crippen LogP contribution in [0, 0.1) is 13.8 Å². The SMILES string of the molecule is Cc1ccc(C)c2[nH]c(=O)c(CN(Cc3ccccc3Cl)C(=O)NC3CCCCC3)cc12. The molecule has 2 aromatic carbocycles. The molecule has 0 atom stereocenters. The second-order valence-electron chi connectivity index (χ2n) is 8.84. The number of carbonyl (C=O) groups excluding carboxylic acids is 1. The van der Waals surface area contributed by atoms with Crippen LogP contribution in [0.5, 0.6) is 0 Å². The van der Waals surface area contributed by atoms with E-state index in [-0.39, 0.29) is 24.2 Å². The van der Waals surface area contributed by atoms with Crippen molar-refractivity contribution in [1.82, 2.24) is 15.2 Å². The lowest BCUT2D eigenvalue weighted by molar-refractivity contribution is 0.184. The molecule has 32 heavy (non-hydrogen) atoms. The highest BCUT2D eigenvalue weighted by atomic mass is 35.5. The lowest BCUT2D eigenvalue weighted by atomic mass is 9.96. The fraction of sp³-hybridized carbons (Fsp3) is 0.385. The lowest BCUT2D eigenvalue weighted by Crippen LogP contribution is -2.45. The van der Waals surface area contributed by atoms with E-state index in [0.717, 1.165) is 53.3 Å². The molecule has 1 fully saturated rings. The number of urea groups is 1. The highest BCUT2D eigenvalue weighted by Gasteiger charge is 2.22. The zero-order valence-corrected chi connectivity index (χ0v) is 19.5. The van der Waals surface area contributed by atoms with Gasteiger partial charge in [0.2, 0.25) is 0 Å². The lowest BCUT2D eigenvalue weighted by Gasteiger charge is -2.29. The summed E-state index contributed by atoms with van der Waals surface area (Å²) in [5, 5.41) is 4.81. The zero-order chi connectivity index (χ0) is 22.7. The van der Waals surface area contributed by atoms with Crippen LogP contribution in [0.25, 0.3) is 10.9 Å². The summed E-state index contributed by atoms with van der Waals surface area (Å²) in [4.78, 5) is 30.9. The van der Waals surface area contributed by atoms with Gasteiger partial charge in [0.1, 0.15) is 0 Å². The number of H-pyrrole nitrogens is 1. The first kappa shape index (κ1) is 22.4. The minimum atomic E-state index is -0.166. The predicted molar refractivity (Wildman–Crippen MR) is 130 cm³/mol. The van der Waals surface area contributed by atoms with Crippen LogP contribution in [0.3, 0.4) is 0 Å². The summed E-state index contributed by atoms with van der Waals surface area (Å²) in [7, 11) is 0. The molecular formula is C26H30ClN3O2. The third kappa shape index (κ3) is 4.99. The van der Waals surface area contributed by atoms with E-state index in [4.69, 9.17) is 11.6 Å². The number of halogens is 1. The van der Waals surface area contributed by atoms with Gasteiger partial charge in [0, 0.05) is 28.6 Å². The van der Waals surface area contributed by atoms with Gasteiger partial charge >= 0.3 is 6.03 Å². The van der Waals surface area contributed by atoms with Crippen LogP contribution >= 0.6 is 11.6 Å². The van der Waals surface area contributed by atoms with Crippen molar-refractivity contribution in [2.24, 2.45) is 0 Å². The summed E-state index contributed by atoms with van der Waals surface area (Å²) >= 11 is 6.39. The van der Waals surface area contributed by atoms with Gasteiger partial charge in [0.15, 0.2) is 0 Å². The number of benzene rings is 2. The number of nitrogens with zero attached hydrogens (tertiary/aromatic N) is 1. The van der Waals surface area contributed by atoms with Crippen molar-refractivity contribution in [2.75, 3.05) is 0 Å². The minimum absolute atomic E-state index is 0.155. The molecular weight excluding hydrogens is 422 g/mol. The first-order chi connectivity index (χ1) is 15.4. The van der Waals surface area contributed by atoms with Gasteiger partial charge in [-0.05, 0) is 55.5 Å². The fourth-order valence-corrected chi connectivity index (χ4v) is 4.68. The average Bonchev–Trinajstić information content (AvgIpc) is 2.79. The summed E-state index contributed by atoms with van der Waals surface area (Å²) < 4.78 is 0. The van der Waals surface area contributed by atoms with Gasteiger partial charge in [-0.15, -0.1) is 0 Å². The Balaban J connectivity index is 1.65. The monoisotopic (exact) mass is 451 g/mol. The summed E-state index contributed by atoms with van der Waals surface area (Å²) in [6.07, 6.45) is 5.50. The molecule has 4 rings (SSSR count). The van der Waals surface area contributed by atoms with Gasteiger partial charge in [0.25, 0.3) is 5.56 Å². The van der Waals surface area contributed by atoms with Gasteiger partial charge in [-0.25, -0.2) is 4.79 Å². The molecule has 0 saturated heterocycles. The van der Waals surface area contributed by atoms with E-state index in [1.54, 1.807) is 4.90 Å². The molecule has 0 unspecified atom stereocenters. The molecule has 5 nitrogen and oxygen atoms in total. The largest absolute Gasteiger partial charge is 0.335 e. The maximum absolute atomic E-state index is 13.3. The van der Waals surface area contributed by atoms with Crippen molar-refractivity contribution in [1.29, 1.82) is 0 Å². The Morgan fingerprint density at radius 1 is 1.03 bits per heavy atom. The van der Waals surface area contributed by atoms with E-state index >= 15 is 0 Å². The molecule has 1 heterocycles. The van der Waals surface area contributed by atoms with Gasteiger partial charge in [-0.3, -0.25) is 4.79 Å². The molecule has 0 bridgehead atoms. The highest BCUT2D eigenvalue weighted by molar-refractivity contribution is 6.31. The van der Waals surface area contributed by atoms with Crippen LogP contribution in [-0.4, -0.2) is 22.0 Å². The number of fused-ring (bicyclic) bond motifs is 1. The second-order valence-corrected chi connectivity index (χ2v) is 9.25. The molecule has 1 saturated carbocycles. The molecule has 2 amide bonds. The number of aryl methyl sites for hydroxylation is 2. The molecule has 1 aromatic heterocycles. The van der Waals surface area contributed by atoms with Gasteiger partial charge in [0.05, 0.1) is 12.1 Å². The van der Waals surface area contributed by atoms with Gasteiger partial charge in [-0.2, -0.15) is 0 Å². The number of nitrogens with one attached hydrogen (secondary N) is 2. The molecule has 168 valence electrons. The third-order valence-electron chi connectivity index (χ3n) is 6.42. The number of aromatic nitrogens is 1. The Hall–Kier alpha value is -2.79. The molecule has 6 heteroatoms. The van der Waals surface area contributed by atoms with Crippen LogP contribution in [-0.2, 0) is 13.1 Å². The number of rotatable bonds is 5. The Morgan fingerprint density at radius 3 is 2.47 bits per heavy atom. The van der Waals surface area contributed by atoms with E-state index in [2.05, 4.69) is 16.4 Å². The van der Waals surface area contributed by atoms with Crippen LogP contribution < -0.4 is 10.9 Å². The molecule has 1 aliphatic carbocycles. The van der Waals surface area contributed by atoms with Crippen molar-refractivity contribution >= 4 is 28.5 Å². The number of hydrogen-bond acceptors (Lipinski definition) is 2. The first-order valence-corrected chi connectivity index (χ1v) is 11.7. The Bertz CT molecular complexity index is 1180. The third-order valence-corrected chi connectivity index (χ3v) is 6.79. The molecule has 3 aromatic rings. The van der Waals surface area contributed by atoms with Crippen molar-refractivity contribution in [2.45, 2.75) is 65.1 Å². The van der Waals surface area contributed by atoms with Crippen LogP contribution in [0.2, 0.25) is 5.02 Å². The van der Waals surface area contributed by atoms with Crippen LogP contribution in [0.1, 0.15) is 54.4 Å². The first-order valence-electron chi connectivity index (χ1n) is 11.3. The number of pyridine rings is 1. The van der Waals surface area contributed by atoms with E-state index in [0.29, 0.717) is 17.1 Å². The Labute approximate surface area is 193 Å². The molecule has 1 aliphatic rings.